The van der Waals surface area contributed by atoms with Crippen LogP contribution >= 0.6 is 11.3 Å². The summed E-state index contributed by atoms with van der Waals surface area (Å²) in [5, 5.41) is 13.2. The zero-order valence-electron chi connectivity index (χ0n) is 19.1. The van der Waals surface area contributed by atoms with E-state index in [1.165, 1.54) is 23.5 Å². The van der Waals surface area contributed by atoms with Crippen LogP contribution in [0.2, 0.25) is 0 Å². The smallest absolute Gasteiger partial charge is 0.322 e. The summed E-state index contributed by atoms with van der Waals surface area (Å²) in [5.74, 6) is -1.80. The molecule has 0 aliphatic carbocycles. The number of carbonyl (C=O) groups is 2. The second-order valence-electron chi connectivity index (χ2n) is 8.39. The van der Waals surface area contributed by atoms with Gasteiger partial charge in [-0.3, -0.25) is 9.59 Å². The normalized spacial score (nSPS) is 12.5. The van der Waals surface area contributed by atoms with Crippen molar-refractivity contribution in [2.24, 2.45) is 5.92 Å². The summed E-state index contributed by atoms with van der Waals surface area (Å²) in [6.07, 6.45) is 0. The number of carboxylic acids is 1. The van der Waals surface area contributed by atoms with Crippen molar-refractivity contribution in [1.29, 1.82) is 0 Å². The van der Waals surface area contributed by atoms with Gasteiger partial charge in [-0.1, -0.05) is 56.3 Å². The van der Waals surface area contributed by atoms with Crippen LogP contribution in [0.25, 0.3) is 21.2 Å². The lowest BCUT2D eigenvalue weighted by molar-refractivity contribution is -0.140. The van der Waals surface area contributed by atoms with Crippen LogP contribution < -0.4 is 10.0 Å². The molecule has 0 spiro atoms. The Hall–Kier alpha value is -3.53. The van der Waals surface area contributed by atoms with Gasteiger partial charge >= 0.3 is 5.97 Å². The number of benzene rings is 3. The number of amides is 1. The van der Waals surface area contributed by atoms with Gasteiger partial charge in [-0.05, 0) is 58.8 Å². The number of aliphatic carboxylic acids is 1. The van der Waals surface area contributed by atoms with Crippen molar-refractivity contribution in [3.8, 4) is 11.1 Å². The van der Waals surface area contributed by atoms with Crippen molar-refractivity contribution in [2.75, 3.05) is 5.32 Å². The molecule has 1 atom stereocenters. The van der Waals surface area contributed by atoms with E-state index in [1.54, 1.807) is 38.1 Å². The highest BCUT2D eigenvalue weighted by molar-refractivity contribution is 7.89. The minimum absolute atomic E-state index is 0.0135. The largest absolute Gasteiger partial charge is 0.480 e. The Bertz CT molecular complexity index is 1440. The molecule has 0 radical (unpaired) electrons. The highest BCUT2D eigenvalue weighted by Gasteiger charge is 2.28. The van der Waals surface area contributed by atoms with Crippen molar-refractivity contribution in [1.82, 2.24) is 4.72 Å². The summed E-state index contributed by atoms with van der Waals surface area (Å²) >= 11 is 1.44. The molecular formula is C26H24N2O5S2. The van der Waals surface area contributed by atoms with Crippen molar-refractivity contribution < 1.29 is 23.1 Å². The second-order valence-corrected chi connectivity index (χ2v) is 11.2. The molecule has 1 aromatic heterocycles. The van der Waals surface area contributed by atoms with Crippen LogP contribution in [-0.2, 0) is 14.8 Å². The highest BCUT2D eigenvalue weighted by atomic mass is 32.2. The molecule has 35 heavy (non-hydrogen) atoms. The number of anilines is 1. The van der Waals surface area contributed by atoms with Crippen molar-refractivity contribution in [3.05, 3.63) is 83.7 Å². The Morgan fingerprint density at radius 3 is 2.06 bits per heavy atom. The Balaban J connectivity index is 1.45. The Labute approximate surface area is 207 Å². The molecule has 0 bridgehead atoms. The third-order valence-corrected chi connectivity index (χ3v) is 8.08. The van der Waals surface area contributed by atoms with Gasteiger partial charge in [0, 0.05) is 10.4 Å². The van der Waals surface area contributed by atoms with E-state index in [0.29, 0.717) is 10.6 Å². The predicted octanol–water partition coefficient (Wildman–Crippen LogP) is 5.21. The molecular weight excluding hydrogens is 484 g/mol. The molecule has 3 aromatic carbocycles. The number of carbonyl (C=O) groups excluding carboxylic acids is 1. The fourth-order valence-corrected chi connectivity index (χ4v) is 5.86. The third kappa shape index (κ3) is 5.59. The molecule has 0 unspecified atom stereocenters. The molecule has 1 amide bonds. The Kier molecular flexibility index (Phi) is 7.02. The van der Waals surface area contributed by atoms with E-state index in [0.717, 1.165) is 21.2 Å². The molecule has 0 saturated heterocycles. The van der Waals surface area contributed by atoms with Gasteiger partial charge in [-0.15, -0.1) is 11.3 Å². The van der Waals surface area contributed by atoms with Crippen molar-refractivity contribution in [3.63, 3.8) is 0 Å². The Morgan fingerprint density at radius 1 is 0.886 bits per heavy atom. The number of rotatable bonds is 8. The number of hydrogen-bond donors (Lipinski definition) is 3. The maximum Gasteiger partial charge on any atom is 0.322 e. The van der Waals surface area contributed by atoms with Gasteiger partial charge in [0.2, 0.25) is 10.0 Å². The number of thiophene rings is 1. The van der Waals surface area contributed by atoms with Gasteiger partial charge in [-0.25, -0.2) is 8.42 Å². The zero-order chi connectivity index (χ0) is 25.2. The van der Waals surface area contributed by atoms with Crippen molar-refractivity contribution >= 4 is 49.0 Å². The molecule has 3 N–H and O–H groups in total. The molecule has 4 rings (SSSR count). The minimum atomic E-state index is -3.98. The van der Waals surface area contributed by atoms with E-state index < -0.39 is 28.0 Å². The van der Waals surface area contributed by atoms with Crippen LogP contribution in [0.15, 0.2) is 83.8 Å². The predicted molar refractivity (Wildman–Crippen MR) is 138 cm³/mol. The van der Waals surface area contributed by atoms with Gasteiger partial charge in [0.25, 0.3) is 5.91 Å². The first-order valence-corrected chi connectivity index (χ1v) is 13.2. The number of fused-ring (bicyclic) bond motifs is 1. The molecule has 4 aromatic rings. The van der Waals surface area contributed by atoms with Crippen LogP contribution in [0.5, 0.6) is 0 Å². The monoisotopic (exact) mass is 508 g/mol. The van der Waals surface area contributed by atoms with Crippen LogP contribution in [-0.4, -0.2) is 31.4 Å². The van der Waals surface area contributed by atoms with Gasteiger partial charge < -0.3 is 10.4 Å². The first kappa shape index (κ1) is 24.6. The molecule has 0 aliphatic rings. The van der Waals surface area contributed by atoms with Crippen LogP contribution in [0.1, 0.15) is 23.5 Å². The first-order chi connectivity index (χ1) is 16.6. The average Bonchev–Trinajstić information content (AvgIpc) is 3.27. The molecule has 7 nitrogen and oxygen atoms in total. The fourth-order valence-electron chi connectivity index (χ4n) is 3.57. The lowest BCUT2D eigenvalue weighted by Gasteiger charge is -2.18. The third-order valence-electron chi connectivity index (χ3n) is 5.50. The molecule has 0 aliphatic heterocycles. The number of nitrogens with one attached hydrogen (secondary N) is 2. The van der Waals surface area contributed by atoms with Crippen LogP contribution in [0, 0.1) is 5.92 Å². The molecule has 1 heterocycles. The summed E-state index contributed by atoms with van der Waals surface area (Å²) in [4.78, 5) is 24.6. The van der Waals surface area contributed by atoms with E-state index in [1.807, 2.05) is 42.5 Å². The fraction of sp³-hybridized carbons (Fsp3) is 0.154. The van der Waals surface area contributed by atoms with Gasteiger partial charge in [-0.2, -0.15) is 4.72 Å². The topological polar surface area (TPSA) is 113 Å². The SMILES string of the molecule is CC(C)[C@H](NS(=O)(=O)c1ccc(-c2ccc(NC(=O)c3cc4ccccc4s3)cc2)cc1)C(=O)O. The van der Waals surface area contributed by atoms with E-state index in [2.05, 4.69) is 10.0 Å². The summed E-state index contributed by atoms with van der Waals surface area (Å²) in [6.45, 7) is 3.28. The van der Waals surface area contributed by atoms with Crippen molar-refractivity contribution in [2.45, 2.75) is 24.8 Å². The first-order valence-electron chi connectivity index (χ1n) is 10.9. The number of sulfonamides is 1. The van der Waals surface area contributed by atoms with Gasteiger partial charge in [0.1, 0.15) is 6.04 Å². The number of hydrogen-bond acceptors (Lipinski definition) is 5. The summed E-state index contributed by atoms with van der Waals surface area (Å²) in [6, 6.07) is 21.9. The van der Waals surface area contributed by atoms with Gasteiger partial charge in [0.05, 0.1) is 9.77 Å². The van der Waals surface area contributed by atoms with Crippen LogP contribution in [0.3, 0.4) is 0 Å². The minimum Gasteiger partial charge on any atom is -0.480 e. The molecule has 180 valence electrons. The summed E-state index contributed by atoms with van der Waals surface area (Å²) < 4.78 is 28.5. The average molecular weight is 509 g/mol. The maximum absolute atomic E-state index is 12.6. The molecule has 0 saturated carbocycles. The van der Waals surface area contributed by atoms with Crippen LogP contribution in [0.4, 0.5) is 5.69 Å². The lowest BCUT2D eigenvalue weighted by Crippen LogP contribution is -2.44. The lowest BCUT2D eigenvalue weighted by atomic mass is 10.1. The van der Waals surface area contributed by atoms with Gasteiger partial charge in [0.15, 0.2) is 0 Å². The summed E-state index contributed by atoms with van der Waals surface area (Å²) in [5.41, 5.74) is 2.27. The molecule has 9 heteroatoms. The second kappa shape index (κ2) is 9.99. The maximum atomic E-state index is 12.6. The summed E-state index contributed by atoms with van der Waals surface area (Å²) in [7, 11) is -3.98. The Morgan fingerprint density at radius 2 is 1.49 bits per heavy atom. The molecule has 0 fully saturated rings. The van der Waals surface area contributed by atoms with E-state index in [9.17, 15) is 23.1 Å². The van der Waals surface area contributed by atoms with E-state index in [4.69, 9.17) is 0 Å². The zero-order valence-corrected chi connectivity index (χ0v) is 20.7. The number of carboxylic acid groups (broad SMARTS) is 1. The highest BCUT2D eigenvalue weighted by Crippen LogP contribution is 2.27. The van der Waals surface area contributed by atoms with E-state index >= 15 is 0 Å². The quantitative estimate of drug-likeness (QED) is 0.303. The standard InChI is InChI=1S/C26H24N2O5S2/c1-16(2)24(26(30)31)28-35(32,33)21-13-9-18(10-14-21)17-7-11-20(12-8-17)27-25(29)23-15-19-5-3-4-6-22(19)34-23/h3-16,24,28H,1-2H3,(H,27,29)(H,30,31)/t24-/m0/s1. The van der Waals surface area contributed by atoms with E-state index in [-0.39, 0.29) is 10.8 Å².